The van der Waals surface area contributed by atoms with Crippen molar-refractivity contribution >= 4 is 16.9 Å². The SMILES string of the molecule is O=C(OCC1CC=CCC1)c1cccc2ncccc12. The molecule has 1 aromatic heterocycles. The van der Waals surface area contributed by atoms with Gasteiger partial charge in [-0.1, -0.05) is 24.3 Å². The predicted molar refractivity (Wildman–Crippen MR) is 78.5 cm³/mol. The van der Waals surface area contributed by atoms with Crippen molar-refractivity contribution in [2.24, 2.45) is 5.92 Å². The first-order chi connectivity index (χ1) is 9.84. The lowest BCUT2D eigenvalue weighted by Crippen LogP contribution is -2.15. The van der Waals surface area contributed by atoms with Crippen LogP contribution in [0.5, 0.6) is 0 Å². The van der Waals surface area contributed by atoms with Gasteiger partial charge in [0.05, 0.1) is 17.7 Å². The smallest absolute Gasteiger partial charge is 0.338 e. The molecule has 0 bridgehead atoms. The molecule has 3 nitrogen and oxygen atoms in total. The minimum Gasteiger partial charge on any atom is -0.462 e. The summed E-state index contributed by atoms with van der Waals surface area (Å²) in [6.45, 7) is 0.500. The van der Waals surface area contributed by atoms with E-state index < -0.39 is 0 Å². The lowest BCUT2D eigenvalue weighted by molar-refractivity contribution is 0.0434. The third-order valence-electron chi connectivity index (χ3n) is 3.69. The van der Waals surface area contributed by atoms with Gasteiger partial charge in [-0.05, 0) is 43.4 Å². The molecule has 1 aromatic carbocycles. The Balaban J connectivity index is 1.74. The molecule has 1 unspecified atom stereocenters. The van der Waals surface area contributed by atoms with Gasteiger partial charge in [-0.15, -0.1) is 0 Å². The second-order valence-corrected chi connectivity index (χ2v) is 5.12. The van der Waals surface area contributed by atoms with Crippen LogP contribution >= 0.6 is 0 Å². The number of carbonyl (C=O) groups excluding carboxylic acids is 1. The predicted octanol–water partition coefficient (Wildman–Crippen LogP) is 3.75. The van der Waals surface area contributed by atoms with Crippen LogP contribution in [0.2, 0.25) is 0 Å². The Kier molecular flexibility index (Phi) is 3.77. The zero-order chi connectivity index (χ0) is 13.8. The fourth-order valence-corrected chi connectivity index (χ4v) is 2.56. The number of allylic oxidation sites excluding steroid dienone is 2. The van der Waals surface area contributed by atoms with E-state index in [2.05, 4.69) is 17.1 Å². The van der Waals surface area contributed by atoms with E-state index in [0.29, 0.717) is 18.1 Å². The highest BCUT2D eigenvalue weighted by Gasteiger charge is 2.15. The molecule has 0 aliphatic heterocycles. The Morgan fingerprint density at radius 1 is 1.25 bits per heavy atom. The molecule has 3 heteroatoms. The summed E-state index contributed by atoms with van der Waals surface area (Å²) in [7, 11) is 0. The monoisotopic (exact) mass is 267 g/mol. The highest BCUT2D eigenvalue weighted by atomic mass is 16.5. The number of ether oxygens (including phenoxy) is 1. The van der Waals surface area contributed by atoms with Crippen LogP contribution in [-0.4, -0.2) is 17.6 Å². The van der Waals surface area contributed by atoms with E-state index in [1.165, 1.54) is 0 Å². The summed E-state index contributed by atoms with van der Waals surface area (Å²) in [6, 6.07) is 9.29. The molecule has 20 heavy (non-hydrogen) atoms. The third-order valence-corrected chi connectivity index (χ3v) is 3.69. The number of aromatic nitrogens is 1. The van der Waals surface area contributed by atoms with Crippen LogP contribution in [0.4, 0.5) is 0 Å². The molecule has 1 atom stereocenters. The summed E-state index contributed by atoms with van der Waals surface area (Å²) in [5.41, 5.74) is 1.42. The van der Waals surface area contributed by atoms with E-state index in [1.54, 1.807) is 12.3 Å². The van der Waals surface area contributed by atoms with Gasteiger partial charge in [0.2, 0.25) is 0 Å². The molecular formula is C17H17NO2. The lowest BCUT2D eigenvalue weighted by atomic mass is 9.95. The molecule has 1 heterocycles. The van der Waals surface area contributed by atoms with Crippen LogP contribution in [0, 0.1) is 5.92 Å². The number of esters is 1. The van der Waals surface area contributed by atoms with Gasteiger partial charge in [-0.25, -0.2) is 4.79 Å². The van der Waals surface area contributed by atoms with Gasteiger partial charge in [-0.3, -0.25) is 4.98 Å². The minimum absolute atomic E-state index is 0.252. The van der Waals surface area contributed by atoms with Crippen LogP contribution in [-0.2, 0) is 4.74 Å². The summed E-state index contributed by atoms with van der Waals surface area (Å²) in [5.74, 6) is 0.204. The third kappa shape index (κ3) is 2.72. The average molecular weight is 267 g/mol. The molecule has 3 rings (SSSR count). The fourth-order valence-electron chi connectivity index (χ4n) is 2.56. The fraction of sp³-hybridized carbons (Fsp3) is 0.294. The summed E-state index contributed by atoms with van der Waals surface area (Å²) in [4.78, 5) is 16.5. The number of carbonyl (C=O) groups is 1. The number of benzene rings is 1. The van der Waals surface area contributed by atoms with Gasteiger partial charge in [0, 0.05) is 11.6 Å². The molecule has 1 aliphatic rings. The first kappa shape index (κ1) is 12.9. The lowest BCUT2D eigenvalue weighted by Gasteiger charge is -2.17. The van der Waals surface area contributed by atoms with Crippen LogP contribution in [0.15, 0.2) is 48.7 Å². The largest absolute Gasteiger partial charge is 0.462 e. The van der Waals surface area contributed by atoms with Gasteiger partial charge < -0.3 is 4.74 Å². The van der Waals surface area contributed by atoms with Gasteiger partial charge in [-0.2, -0.15) is 0 Å². The summed E-state index contributed by atoms with van der Waals surface area (Å²) < 4.78 is 5.48. The maximum atomic E-state index is 12.2. The number of nitrogens with zero attached hydrogens (tertiary/aromatic N) is 1. The van der Waals surface area contributed by atoms with Crippen LogP contribution in [0.1, 0.15) is 29.6 Å². The topological polar surface area (TPSA) is 39.2 Å². The normalized spacial score (nSPS) is 18.1. The maximum absolute atomic E-state index is 12.2. The number of hydrogen-bond acceptors (Lipinski definition) is 3. The molecular weight excluding hydrogens is 250 g/mol. The van der Waals surface area contributed by atoms with Crippen molar-refractivity contribution in [3.05, 3.63) is 54.2 Å². The molecule has 0 N–H and O–H groups in total. The second-order valence-electron chi connectivity index (χ2n) is 5.12. The average Bonchev–Trinajstić information content (AvgIpc) is 2.53. The highest BCUT2D eigenvalue weighted by molar-refractivity contribution is 6.03. The number of fused-ring (bicyclic) bond motifs is 1. The summed E-state index contributed by atoms with van der Waals surface area (Å²) in [6.07, 6.45) is 9.27. The van der Waals surface area contributed by atoms with Crippen LogP contribution in [0.3, 0.4) is 0 Å². The Bertz CT molecular complexity index is 643. The van der Waals surface area contributed by atoms with E-state index in [4.69, 9.17) is 4.74 Å². The molecule has 0 saturated carbocycles. The summed E-state index contributed by atoms with van der Waals surface area (Å²) in [5, 5.41) is 0.850. The van der Waals surface area contributed by atoms with Crippen molar-refractivity contribution in [2.75, 3.05) is 6.61 Å². The Morgan fingerprint density at radius 2 is 2.20 bits per heavy atom. The van der Waals surface area contributed by atoms with Gasteiger partial charge in [0.1, 0.15) is 0 Å². The van der Waals surface area contributed by atoms with Gasteiger partial charge in [0.15, 0.2) is 0 Å². The molecule has 0 radical (unpaired) electrons. The summed E-state index contributed by atoms with van der Waals surface area (Å²) >= 11 is 0. The molecule has 0 amide bonds. The number of rotatable bonds is 3. The Labute approximate surface area is 118 Å². The van der Waals surface area contributed by atoms with E-state index in [9.17, 15) is 4.79 Å². The zero-order valence-corrected chi connectivity index (χ0v) is 11.3. The Morgan fingerprint density at radius 3 is 3.05 bits per heavy atom. The van der Waals surface area contributed by atoms with E-state index in [-0.39, 0.29) is 5.97 Å². The second kappa shape index (κ2) is 5.87. The maximum Gasteiger partial charge on any atom is 0.338 e. The van der Waals surface area contributed by atoms with Crippen molar-refractivity contribution in [1.29, 1.82) is 0 Å². The van der Waals surface area contributed by atoms with Crippen LogP contribution in [0.25, 0.3) is 10.9 Å². The standard InChI is InChI=1S/C17H17NO2/c19-17(20-12-13-6-2-1-3-7-13)15-8-4-10-16-14(15)9-5-11-18-16/h1-2,4-5,8-11,13H,3,6-7,12H2. The van der Waals surface area contributed by atoms with E-state index in [0.717, 1.165) is 30.2 Å². The number of pyridine rings is 1. The van der Waals surface area contributed by atoms with Gasteiger partial charge >= 0.3 is 5.97 Å². The first-order valence-electron chi connectivity index (χ1n) is 7.00. The van der Waals surface area contributed by atoms with Crippen molar-refractivity contribution in [3.63, 3.8) is 0 Å². The van der Waals surface area contributed by atoms with Crippen LogP contribution < -0.4 is 0 Å². The van der Waals surface area contributed by atoms with E-state index >= 15 is 0 Å². The number of hydrogen-bond donors (Lipinski definition) is 0. The first-order valence-corrected chi connectivity index (χ1v) is 7.00. The minimum atomic E-state index is -0.252. The van der Waals surface area contributed by atoms with Gasteiger partial charge in [0.25, 0.3) is 0 Å². The molecule has 0 spiro atoms. The molecule has 0 saturated heterocycles. The zero-order valence-electron chi connectivity index (χ0n) is 11.3. The Hall–Kier alpha value is -2.16. The van der Waals surface area contributed by atoms with Crippen molar-refractivity contribution < 1.29 is 9.53 Å². The molecule has 102 valence electrons. The van der Waals surface area contributed by atoms with Crippen molar-refractivity contribution in [2.45, 2.75) is 19.3 Å². The van der Waals surface area contributed by atoms with E-state index in [1.807, 2.05) is 24.3 Å². The molecule has 2 aromatic rings. The molecule has 0 fully saturated rings. The van der Waals surface area contributed by atoms with Crippen molar-refractivity contribution in [3.8, 4) is 0 Å². The quantitative estimate of drug-likeness (QED) is 0.628. The molecule has 1 aliphatic carbocycles. The van der Waals surface area contributed by atoms with Crippen molar-refractivity contribution in [1.82, 2.24) is 4.98 Å². The highest BCUT2D eigenvalue weighted by Crippen LogP contribution is 2.21.